The van der Waals surface area contributed by atoms with Gasteiger partial charge in [-0.15, -0.1) is 0 Å². The minimum atomic E-state index is -1.93. The number of hydrogen-bond acceptors (Lipinski definition) is 3. The minimum Gasteiger partial charge on any atom is -0.463 e. The van der Waals surface area contributed by atoms with Crippen molar-refractivity contribution in [2.24, 2.45) is 0 Å². The molecule has 29 heavy (non-hydrogen) atoms. The first kappa shape index (κ1) is 27.2. The van der Waals surface area contributed by atoms with Crippen molar-refractivity contribution >= 4 is 14.3 Å². The molecule has 0 rings (SSSR count). The van der Waals surface area contributed by atoms with Crippen molar-refractivity contribution in [3.05, 3.63) is 24.3 Å². The standard InChI is InChI=1S/C25H40O3Si/c1-8-10-11-12-13-14-17-20-23(28-29(6,7)25(3,4)5)21-18-15-16-19-22-24(26)27-9-2/h17,19-20,22-23H,8-14H2,1-7H3/b20-17-,22-19+/t23-/m0/s1. The zero-order valence-electron chi connectivity index (χ0n) is 19.6. The van der Waals surface area contributed by atoms with E-state index in [1.807, 2.05) is 0 Å². The normalized spacial score (nSPS) is 12.9. The predicted molar refractivity (Wildman–Crippen MR) is 126 cm³/mol. The van der Waals surface area contributed by atoms with Gasteiger partial charge in [-0.1, -0.05) is 71.3 Å². The Balaban J connectivity index is 4.97. The number of esters is 1. The highest BCUT2D eigenvalue weighted by Crippen LogP contribution is 2.37. The van der Waals surface area contributed by atoms with Crippen LogP contribution in [0.5, 0.6) is 0 Å². The van der Waals surface area contributed by atoms with Crippen LogP contribution in [0.15, 0.2) is 24.3 Å². The molecule has 3 nitrogen and oxygen atoms in total. The van der Waals surface area contributed by atoms with Gasteiger partial charge in [0.1, 0.15) is 6.10 Å². The molecule has 4 heteroatoms. The largest absolute Gasteiger partial charge is 0.463 e. The van der Waals surface area contributed by atoms with Crippen molar-refractivity contribution in [1.29, 1.82) is 0 Å². The monoisotopic (exact) mass is 416 g/mol. The molecule has 0 aromatic heterocycles. The van der Waals surface area contributed by atoms with Crippen LogP contribution in [-0.2, 0) is 14.0 Å². The van der Waals surface area contributed by atoms with Gasteiger partial charge in [-0.3, -0.25) is 0 Å². The molecule has 0 fully saturated rings. The van der Waals surface area contributed by atoms with Crippen molar-refractivity contribution in [3.8, 4) is 23.7 Å². The third-order valence-electron chi connectivity index (χ3n) is 4.95. The fraction of sp³-hybridized carbons (Fsp3) is 0.640. The van der Waals surface area contributed by atoms with Crippen LogP contribution in [0.1, 0.15) is 73.1 Å². The van der Waals surface area contributed by atoms with E-state index in [2.05, 4.69) is 76.6 Å². The Labute approximate surface area is 180 Å². The molecule has 0 aliphatic heterocycles. The van der Waals surface area contributed by atoms with E-state index in [-0.39, 0.29) is 11.1 Å². The smallest absolute Gasteiger partial charge is 0.331 e. The summed E-state index contributed by atoms with van der Waals surface area (Å²) in [6, 6.07) is 0. The maximum atomic E-state index is 11.2. The molecule has 0 aromatic rings. The summed E-state index contributed by atoms with van der Waals surface area (Å²) < 4.78 is 11.2. The molecule has 0 aliphatic rings. The molecule has 0 saturated heterocycles. The van der Waals surface area contributed by atoms with Gasteiger partial charge in [-0.05, 0) is 61.9 Å². The first-order valence-electron chi connectivity index (χ1n) is 10.8. The second-order valence-electron chi connectivity index (χ2n) is 8.55. The van der Waals surface area contributed by atoms with E-state index in [0.717, 1.165) is 6.42 Å². The maximum absolute atomic E-state index is 11.2. The van der Waals surface area contributed by atoms with Gasteiger partial charge in [-0.2, -0.15) is 0 Å². The molecule has 0 saturated carbocycles. The summed E-state index contributed by atoms with van der Waals surface area (Å²) in [6.45, 7) is 15.5. The molecule has 0 heterocycles. The first-order valence-corrected chi connectivity index (χ1v) is 13.7. The van der Waals surface area contributed by atoms with E-state index >= 15 is 0 Å². The highest BCUT2D eigenvalue weighted by atomic mass is 28.4. The van der Waals surface area contributed by atoms with Crippen LogP contribution >= 0.6 is 0 Å². The van der Waals surface area contributed by atoms with Crippen LogP contribution < -0.4 is 0 Å². The van der Waals surface area contributed by atoms with E-state index in [0.29, 0.717) is 6.61 Å². The summed E-state index contributed by atoms with van der Waals surface area (Å²) in [5.74, 6) is 11.1. The topological polar surface area (TPSA) is 35.5 Å². The summed E-state index contributed by atoms with van der Waals surface area (Å²) >= 11 is 0. The zero-order valence-corrected chi connectivity index (χ0v) is 20.6. The number of carbonyl (C=O) groups is 1. The van der Waals surface area contributed by atoms with E-state index in [1.165, 1.54) is 44.3 Å². The summed E-state index contributed by atoms with van der Waals surface area (Å²) in [6.07, 6.45) is 14.2. The molecule has 0 aromatic carbocycles. The second kappa shape index (κ2) is 15.1. The molecule has 0 unspecified atom stereocenters. The van der Waals surface area contributed by atoms with E-state index in [9.17, 15) is 4.79 Å². The Bertz CT molecular complexity index is 646. The Morgan fingerprint density at radius 1 is 1.07 bits per heavy atom. The zero-order chi connectivity index (χ0) is 22.2. The van der Waals surface area contributed by atoms with Gasteiger partial charge in [-0.25, -0.2) is 4.79 Å². The molecule has 1 atom stereocenters. The Kier molecular flexibility index (Phi) is 14.2. The van der Waals surface area contributed by atoms with Gasteiger partial charge in [0.05, 0.1) is 6.61 Å². The molecule has 162 valence electrons. The van der Waals surface area contributed by atoms with Crippen LogP contribution in [0, 0.1) is 23.7 Å². The van der Waals surface area contributed by atoms with Gasteiger partial charge < -0.3 is 9.16 Å². The van der Waals surface area contributed by atoms with Crippen molar-refractivity contribution in [3.63, 3.8) is 0 Å². The van der Waals surface area contributed by atoms with Crippen molar-refractivity contribution in [2.75, 3.05) is 6.61 Å². The Morgan fingerprint density at radius 2 is 1.76 bits per heavy atom. The molecule has 0 spiro atoms. The number of carbonyl (C=O) groups excluding carboxylic acids is 1. The van der Waals surface area contributed by atoms with E-state index in [4.69, 9.17) is 9.16 Å². The second-order valence-corrected chi connectivity index (χ2v) is 13.3. The minimum absolute atomic E-state index is 0.120. The molecule has 0 aliphatic carbocycles. The molecular formula is C25H40O3Si. The van der Waals surface area contributed by atoms with Crippen molar-refractivity contribution in [1.82, 2.24) is 0 Å². The fourth-order valence-electron chi connectivity index (χ4n) is 2.18. The van der Waals surface area contributed by atoms with Gasteiger partial charge >= 0.3 is 5.97 Å². The number of hydrogen-bond donors (Lipinski definition) is 0. The molecule has 0 bridgehead atoms. The van der Waals surface area contributed by atoms with Crippen LogP contribution in [0.2, 0.25) is 18.1 Å². The Morgan fingerprint density at radius 3 is 2.38 bits per heavy atom. The van der Waals surface area contributed by atoms with Gasteiger partial charge in [0.15, 0.2) is 8.32 Å². The van der Waals surface area contributed by atoms with Crippen molar-refractivity contribution in [2.45, 2.75) is 97.4 Å². The molecular weight excluding hydrogens is 376 g/mol. The number of rotatable bonds is 11. The predicted octanol–water partition coefficient (Wildman–Crippen LogP) is 6.42. The third kappa shape index (κ3) is 14.0. The highest BCUT2D eigenvalue weighted by Gasteiger charge is 2.38. The van der Waals surface area contributed by atoms with E-state index in [1.54, 1.807) is 6.92 Å². The van der Waals surface area contributed by atoms with Gasteiger partial charge in [0, 0.05) is 6.08 Å². The lowest BCUT2D eigenvalue weighted by Crippen LogP contribution is -2.43. The lowest BCUT2D eigenvalue weighted by Gasteiger charge is -2.37. The SMILES string of the molecule is CCCCCCC/C=C\[C@@H](C#CC#C/C=C/C(=O)OCC)O[Si](C)(C)C(C)(C)C. The molecule has 0 radical (unpaired) electrons. The lowest BCUT2D eigenvalue weighted by atomic mass is 10.1. The molecule has 0 amide bonds. The Hall–Kier alpha value is -1.75. The van der Waals surface area contributed by atoms with Gasteiger partial charge in [0.2, 0.25) is 0 Å². The maximum Gasteiger partial charge on any atom is 0.331 e. The van der Waals surface area contributed by atoms with Crippen LogP contribution in [0.3, 0.4) is 0 Å². The summed E-state index contributed by atoms with van der Waals surface area (Å²) in [7, 11) is -1.93. The number of unbranched alkanes of at least 4 members (excludes halogenated alkanes) is 5. The first-order chi connectivity index (χ1) is 13.6. The summed E-state index contributed by atoms with van der Waals surface area (Å²) in [5, 5.41) is 0.120. The average molecular weight is 417 g/mol. The van der Waals surface area contributed by atoms with Crippen molar-refractivity contribution < 1.29 is 14.0 Å². The highest BCUT2D eigenvalue weighted by molar-refractivity contribution is 6.74. The summed E-state index contributed by atoms with van der Waals surface area (Å²) in [5.41, 5.74) is 0. The van der Waals surface area contributed by atoms with Crippen LogP contribution in [0.25, 0.3) is 0 Å². The van der Waals surface area contributed by atoms with Crippen LogP contribution in [-0.4, -0.2) is 27.0 Å². The fourth-order valence-corrected chi connectivity index (χ4v) is 3.31. The quantitative estimate of drug-likeness (QED) is 0.0973. The molecule has 0 N–H and O–H groups in total. The number of ether oxygens (including phenoxy) is 1. The average Bonchev–Trinajstić information content (AvgIpc) is 2.62. The number of allylic oxidation sites excluding steroid dienone is 2. The third-order valence-corrected chi connectivity index (χ3v) is 9.41. The summed E-state index contributed by atoms with van der Waals surface area (Å²) in [4.78, 5) is 11.2. The van der Waals surface area contributed by atoms with Crippen LogP contribution in [0.4, 0.5) is 0 Å². The van der Waals surface area contributed by atoms with E-state index < -0.39 is 14.3 Å². The van der Waals surface area contributed by atoms with Gasteiger partial charge in [0.25, 0.3) is 0 Å². The lowest BCUT2D eigenvalue weighted by molar-refractivity contribution is -0.137.